The van der Waals surface area contributed by atoms with Crippen molar-refractivity contribution in [2.24, 2.45) is 0 Å². The van der Waals surface area contributed by atoms with Gasteiger partial charge in [0.15, 0.2) is 18.1 Å². The molecule has 2 rings (SSSR count). The number of benzene rings is 2. The zero-order chi connectivity index (χ0) is 17.7. The molecule has 0 fully saturated rings. The Morgan fingerprint density at radius 1 is 1.33 bits per heavy atom. The second-order valence-corrected chi connectivity index (χ2v) is 6.64. The van der Waals surface area contributed by atoms with Gasteiger partial charge in [-0.15, -0.1) is 0 Å². The monoisotopic (exact) mass is 461 g/mol. The molecule has 1 amide bonds. The molecule has 24 heavy (non-hydrogen) atoms. The summed E-state index contributed by atoms with van der Waals surface area (Å²) in [5.41, 5.74) is 2.26. The van der Waals surface area contributed by atoms with Crippen LogP contribution in [-0.2, 0) is 11.4 Å². The molecule has 0 bridgehead atoms. The van der Waals surface area contributed by atoms with Crippen LogP contribution < -0.4 is 14.8 Å². The lowest BCUT2D eigenvalue weighted by Gasteiger charge is -2.14. The highest BCUT2D eigenvalue weighted by atomic mass is 127. The van der Waals surface area contributed by atoms with Gasteiger partial charge in [0, 0.05) is 10.7 Å². The third-order valence-electron chi connectivity index (χ3n) is 3.27. The molecule has 0 aromatic heterocycles. The van der Waals surface area contributed by atoms with Crippen LogP contribution in [0.2, 0.25) is 5.02 Å². The highest BCUT2D eigenvalue weighted by molar-refractivity contribution is 14.1. The summed E-state index contributed by atoms with van der Waals surface area (Å²) in [6, 6.07) is 8.75. The second-order valence-electron chi connectivity index (χ2n) is 5.07. The number of aliphatic hydroxyl groups excluding tert-OH is 1. The molecule has 0 spiro atoms. The number of methoxy groups -OCH3 is 1. The fourth-order valence-corrected chi connectivity index (χ4v) is 3.01. The number of rotatable bonds is 6. The number of nitrogens with one attached hydrogen (secondary N) is 1. The van der Waals surface area contributed by atoms with E-state index in [0.29, 0.717) is 27.8 Å². The standard InChI is InChI=1S/C17H17ClINO4/c1-10-3-4-12(7-13(10)18)20-16(22)9-24-17-14(19)5-11(8-21)6-15(17)23-2/h3-7,21H,8-9H2,1-2H3,(H,20,22). The summed E-state index contributed by atoms with van der Waals surface area (Å²) in [6.07, 6.45) is 0. The molecule has 2 aromatic carbocycles. The van der Waals surface area contributed by atoms with Crippen LogP contribution in [0.4, 0.5) is 5.69 Å². The third-order valence-corrected chi connectivity index (χ3v) is 4.48. The Hall–Kier alpha value is -1.51. The Bertz CT molecular complexity index is 752. The lowest BCUT2D eigenvalue weighted by Crippen LogP contribution is -2.20. The van der Waals surface area contributed by atoms with E-state index in [1.807, 2.05) is 13.0 Å². The molecule has 7 heteroatoms. The van der Waals surface area contributed by atoms with Crippen molar-refractivity contribution in [3.63, 3.8) is 0 Å². The minimum Gasteiger partial charge on any atom is -0.493 e. The molecule has 0 aliphatic carbocycles. The first-order valence-corrected chi connectivity index (χ1v) is 8.56. The van der Waals surface area contributed by atoms with Gasteiger partial charge < -0.3 is 19.9 Å². The number of hydrogen-bond acceptors (Lipinski definition) is 4. The van der Waals surface area contributed by atoms with E-state index in [1.54, 1.807) is 24.3 Å². The molecular formula is C17H17ClINO4. The second kappa shape index (κ2) is 8.55. The molecule has 0 radical (unpaired) electrons. The van der Waals surface area contributed by atoms with E-state index in [9.17, 15) is 9.90 Å². The van der Waals surface area contributed by atoms with Crippen molar-refractivity contribution < 1.29 is 19.4 Å². The highest BCUT2D eigenvalue weighted by Gasteiger charge is 2.13. The minimum atomic E-state index is -0.306. The predicted molar refractivity (Wildman–Crippen MR) is 102 cm³/mol. The number of aliphatic hydroxyl groups is 1. The zero-order valence-corrected chi connectivity index (χ0v) is 16.1. The number of ether oxygens (including phenoxy) is 2. The topological polar surface area (TPSA) is 67.8 Å². The van der Waals surface area contributed by atoms with E-state index < -0.39 is 0 Å². The average molecular weight is 462 g/mol. The number of carbonyl (C=O) groups excluding carboxylic acids is 1. The zero-order valence-electron chi connectivity index (χ0n) is 13.2. The van der Waals surface area contributed by atoms with Gasteiger partial charge in [-0.05, 0) is 64.9 Å². The Labute approximate surface area is 159 Å². The van der Waals surface area contributed by atoms with E-state index in [1.165, 1.54) is 7.11 Å². The summed E-state index contributed by atoms with van der Waals surface area (Å²) < 4.78 is 11.6. The van der Waals surface area contributed by atoms with Gasteiger partial charge in [0.2, 0.25) is 0 Å². The molecule has 0 saturated heterocycles. The van der Waals surface area contributed by atoms with Gasteiger partial charge in [-0.2, -0.15) is 0 Å². The first-order valence-electron chi connectivity index (χ1n) is 7.10. The van der Waals surface area contributed by atoms with E-state index >= 15 is 0 Å². The van der Waals surface area contributed by atoms with Crippen molar-refractivity contribution in [1.29, 1.82) is 0 Å². The number of aryl methyl sites for hydroxylation is 1. The lowest BCUT2D eigenvalue weighted by atomic mass is 10.2. The molecule has 0 atom stereocenters. The SMILES string of the molecule is COc1cc(CO)cc(I)c1OCC(=O)Nc1ccc(C)c(Cl)c1. The van der Waals surface area contributed by atoms with Gasteiger partial charge in [-0.25, -0.2) is 0 Å². The number of halogens is 2. The first kappa shape index (κ1) is 18.8. The van der Waals surface area contributed by atoms with E-state index in [0.717, 1.165) is 9.13 Å². The average Bonchev–Trinajstić information content (AvgIpc) is 2.56. The molecule has 5 nitrogen and oxygen atoms in total. The number of hydrogen-bond donors (Lipinski definition) is 2. The van der Waals surface area contributed by atoms with Crippen molar-refractivity contribution in [2.75, 3.05) is 19.0 Å². The summed E-state index contributed by atoms with van der Waals surface area (Å²) >= 11 is 8.11. The largest absolute Gasteiger partial charge is 0.493 e. The van der Waals surface area contributed by atoms with Crippen molar-refractivity contribution in [2.45, 2.75) is 13.5 Å². The summed E-state index contributed by atoms with van der Waals surface area (Å²) in [7, 11) is 1.51. The molecular weight excluding hydrogens is 445 g/mol. The van der Waals surface area contributed by atoms with Gasteiger partial charge >= 0.3 is 0 Å². The first-order chi connectivity index (χ1) is 11.4. The normalized spacial score (nSPS) is 10.4. The fraction of sp³-hybridized carbons (Fsp3) is 0.235. The van der Waals surface area contributed by atoms with Crippen LogP contribution in [0.1, 0.15) is 11.1 Å². The number of anilines is 1. The lowest BCUT2D eigenvalue weighted by molar-refractivity contribution is -0.118. The highest BCUT2D eigenvalue weighted by Crippen LogP contribution is 2.34. The predicted octanol–water partition coefficient (Wildman–Crippen LogP) is 3.77. The summed E-state index contributed by atoms with van der Waals surface area (Å²) in [6.45, 7) is 1.62. The Morgan fingerprint density at radius 2 is 2.08 bits per heavy atom. The van der Waals surface area contributed by atoms with Gasteiger partial charge in [0.05, 0.1) is 17.3 Å². The Kier molecular flexibility index (Phi) is 6.70. The Balaban J connectivity index is 2.04. The molecule has 0 heterocycles. The van der Waals surface area contributed by atoms with Crippen LogP contribution in [0.5, 0.6) is 11.5 Å². The van der Waals surface area contributed by atoms with Crippen molar-refractivity contribution >= 4 is 45.8 Å². The molecule has 0 aliphatic rings. The summed E-state index contributed by atoms with van der Waals surface area (Å²) in [5.74, 6) is 0.628. The molecule has 0 aliphatic heterocycles. The summed E-state index contributed by atoms with van der Waals surface area (Å²) in [5, 5.41) is 12.5. The van der Waals surface area contributed by atoms with Crippen molar-refractivity contribution in [1.82, 2.24) is 0 Å². The fourth-order valence-electron chi connectivity index (χ4n) is 2.01. The minimum absolute atomic E-state index is 0.0959. The van der Waals surface area contributed by atoms with Gasteiger partial charge in [0.25, 0.3) is 5.91 Å². The van der Waals surface area contributed by atoms with Gasteiger partial charge in [-0.3, -0.25) is 4.79 Å². The molecule has 0 saturated carbocycles. The van der Waals surface area contributed by atoms with E-state index in [-0.39, 0.29) is 19.1 Å². The molecule has 2 aromatic rings. The van der Waals surface area contributed by atoms with Crippen LogP contribution in [0.3, 0.4) is 0 Å². The van der Waals surface area contributed by atoms with Crippen LogP contribution in [0.15, 0.2) is 30.3 Å². The van der Waals surface area contributed by atoms with E-state index in [4.69, 9.17) is 21.1 Å². The maximum absolute atomic E-state index is 12.1. The van der Waals surface area contributed by atoms with Gasteiger partial charge in [0.1, 0.15) is 0 Å². The molecule has 0 unspecified atom stereocenters. The van der Waals surface area contributed by atoms with Crippen LogP contribution in [0, 0.1) is 10.5 Å². The number of carbonyl (C=O) groups is 1. The smallest absolute Gasteiger partial charge is 0.262 e. The molecule has 128 valence electrons. The molecule has 2 N–H and O–H groups in total. The van der Waals surface area contributed by atoms with Crippen LogP contribution in [0.25, 0.3) is 0 Å². The van der Waals surface area contributed by atoms with Gasteiger partial charge in [-0.1, -0.05) is 17.7 Å². The van der Waals surface area contributed by atoms with E-state index in [2.05, 4.69) is 27.9 Å². The third kappa shape index (κ3) is 4.75. The number of amides is 1. The summed E-state index contributed by atoms with van der Waals surface area (Å²) in [4.78, 5) is 12.1. The maximum atomic E-state index is 12.1. The van der Waals surface area contributed by atoms with Crippen molar-refractivity contribution in [3.8, 4) is 11.5 Å². The van der Waals surface area contributed by atoms with Crippen molar-refractivity contribution in [3.05, 3.63) is 50.1 Å². The Morgan fingerprint density at radius 3 is 2.71 bits per heavy atom. The maximum Gasteiger partial charge on any atom is 0.262 e. The van der Waals surface area contributed by atoms with Crippen LogP contribution >= 0.6 is 34.2 Å². The quantitative estimate of drug-likeness (QED) is 0.643. The van der Waals surface area contributed by atoms with Crippen LogP contribution in [-0.4, -0.2) is 24.7 Å².